The Bertz CT molecular complexity index is 844. The van der Waals surface area contributed by atoms with Crippen LogP contribution in [0, 0.1) is 5.82 Å². The number of hydrogen-bond acceptors (Lipinski definition) is 4. The summed E-state index contributed by atoms with van der Waals surface area (Å²) in [5, 5.41) is 3.62. The maximum atomic E-state index is 14.1. The van der Waals surface area contributed by atoms with Crippen LogP contribution in [0.25, 0.3) is 0 Å². The minimum atomic E-state index is -0.413. The van der Waals surface area contributed by atoms with E-state index in [1.807, 2.05) is 12.1 Å². The second-order valence-corrected chi connectivity index (χ2v) is 7.22. The van der Waals surface area contributed by atoms with Crippen LogP contribution in [0.5, 0.6) is 5.75 Å². The second kappa shape index (κ2) is 8.05. The zero-order chi connectivity index (χ0) is 19.6. The van der Waals surface area contributed by atoms with Gasteiger partial charge >= 0.3 is 0 Å². The number of benzene rings is 2. The summed E-state index contributed by atoms with van der Waals surface area (Å²) in [5.41, 5.74) is 1.67. The second-order valence-electron chi connectivity index (χ2n) is 6.78. The first-order valence-corrected chi connectivity index (χ1v) is 9.13. The monoisotopic (exact) mass is 391 g/mol. The van der Waals surface area contributed by atoms with Gasteiger partial charge in [0.1, 0.15) is 11.6 Å². The molecule has 5 nitrogen and oxygen atoms in total. The fourth-order valence-corrected chi connectivity index (χ4v) is 3.45. The highest BCUT2D eigenvalue weighted by Gasteiger charge is 2.26. The predicted octanol–water partition coefficient (Wildman–Crippen LogP) is 3.56. The number of amides is 1. The van der Waals surface area contributed by atoms with Gasteiger partial charge in [-0.25, -0.2) is 4.39 Å². The van der Waals surface area contributed by atoms with E-state index in [0.717, 1.165) is 24.4 Å². The highest BCUT2D eigenvalue weighted by Crippen LogP contribution is 2.33. The molecule has 0 aliphatic carbocycles. The maximum Gasteiger partial charge on any atom is 0.251 e. The van der Waals surface area contributed by atoms with Crippen LogP contribution < -0.4 is 19.9 Å². The van der Waals surface area contributed by atoms with Gasteiger partial charge < -0.3 is 19.9 Å². The van der Waals surface area contributed by atoms with E-state index in [1.165, 1.54) is 6.07 Å². The van der Waals surface area contributed by atoms with E-state index >= 15 is 0 Å². The van der Waals surface area contributed by atoms with Crippen LogP contribution in [-0.4, -0.2) is 46.2 Å². The van der Waals surface area contributed by atoms with Crippen LogP contribution in [0.15, 0.2) is 36.4 Å². The van der Waals surface area contributed by atoms with Crippen molar-refractivity contribution >= 4 is 28.9 Å². The van der Waals surface area contributed by atoms with Gasteiger partial charge in [0.05, 0.1) is 18.5 Å². The van der Waals surface area contributed by atoms with Crippen LogP contribution >= 0.6 is 11.6 Å². The summed E-state index contributed by atoms with van der Waals surface area (Å²) in [6.45, 7) is 1.41. The third kappa shape index (κ3) is 4.27. The van der Waals surface area contributed by atoms with Gasteiger partial charge in [-0.2, -0.15) is 0 Å². The Morgan fingerprint density at radius 1 is 1.30 bits per heavy atom. The molecule has 1 fully saturated rings. The van der Waals surface area contributed by atoms with E-state index in [9.17, 15) is 9.18 Å². The van der Waals surface area contributed by atoms with Crippen molar-refractivity contribution in [1.82, 2.24) is 5.32 Å². The van der Waals surface area contributed by atoms with Crippen molar-refractivity contribution in [2.24, 2.45) is 0 Å². The molecule has 0 aromatic heterocycles. The number of methoxy groups -OCH3 is 1. The summed E-state index contributed by atoms with van der Waals surface area (Å²) in [6.07, 6.45) is 0.791. The number of ether oxygens (including phenoxy) is 1. The van der Waals surface area contributed by atoms with Gasteiger partial charge in [-0.05, 0) is 42.8 Å². The van der Waals surface area contributed by atoms with Crippen molar-refractivity contribution in [3.63, 3.8) is 0 Å². The Hall–Kier alpha value is -2.47. The molecule has 1 aliphatic heterocycles. The number of carbonyl (C=O) groups is 1. The minimum Gasteiger partial charge on any atom is -0.495 e. The maximum absolute atomic E-state index is 14.1. The number of hydrogen-bond donors (Lipinski definition) is 1. The quantitative estimate of drug-likeness (QED) is 0.846. The fraction of sp³-hybridized carbons (Fsp3) is 0.350. The molecule has 27 heavy (non-hydrogen) atoms. The van der Waals surface area contributed by atoms with Gasteiger partial charge in [0, 0.05) is 43.8 Å². The largest absolute Gasteiger partial charge is 0.495 e. The van der Waals surface area contributed by atoms with Crippen molar-refractivity contribution in [3.8, 4) is 5.75 Å². The zero-order valence-electron chi connectivity index (χ0n) is 15.6. The molecule has 2 aromatic rings. The number of halogens is 2. The molecule has 3 rings (SSSR count). The molecule has 0 spiro atoms. The number of nitrogens with zero attached hydrogens (tertiary/aromatic N) is 2. The summed E-state index contributed by atoms with van der Waals surface area (Å²) < 4.78 is 19.5. The topological polar surface area (TPSA) is 44.8 Å². The Kier molecular flexibility index (Phi) is 5.75. The molecule has 0 bridgehead atoms. The van der Waals surface area contributed by atoms with Crippen molar-refractivity contribution in [2.45, 2.75) is 12.5 Å². The Morgan fingerprint density at radius 2 is 2.07 bits per heavy atom. The lowest BCUT2D eigenvalue weighted by Gasteiger charge is -2.22. The van der Waals surface area contributed by atoms with E-state index in [1.54, 1.807) is 44.3 Å². The molecule has 0 radical (unpaired) electrons. The summed E-state index contributed by atoms with van der Waals surface area (Å²) in [6, 6.07) is 9.97. The third-order valence-corrected chi connectivity index (χ3v) is 4.93. The first-order valence-electron chi connectivity index (χ1n) is 8.75. The lowest BCUT2D eigenvalue weighted by atomic mass is 10.1. The SMILES string of the molecule is COc1ccc(Cl)cc1N1CCC(NC(=O)c2ccc(N(C)C)c(F)c2)C1. The number of anilines is 2. The van der Waals surface area contributed by atoms with Gasteiger partial charge in [0.25, 0.3) is 5.91 Å². The van der Waals surface area contributed by atoms with Gasteiger partial charge in [0.15, 0.2) is 0 Å². The van der Waals surface area contributed by atoms with Gasteiger partial charge in [-0.15, -0.1) is 0 Å². The van der Waals surface area contributed by atoms with E-state index in [2.05, 4.69) is 10.2 Å². The highest BCUT2D eigenvalue weighted by atomic mass is 35.5. The minimum absolute atomic E-state index is 0.0298. The van der Waals surface area contributed by atoms with E-state index in [-0.39, 0.29) is 11.9 Å². The third-order valence-electron chi connectivity index (χ3n) is 4.70. The molecule has 7 heteroatoms. The molecule has 1 amide bonds. The van der Waals surface area contributed by atoms with Gasteiger partial charge in [0.2, 0.25) is 0 Å². The normalized spacial score (nSPS) is 16.3. The molecule has 144 valence electrons. The van der Waals surface area contributed by atoms with E-state index < -0.39 is 5.82 Å². The number of nitrogens with one attached hydrogen (secondary N) is 1. The molecule has 1 N–H and O–H groups in total. The zero-order valence-corrected chi connectivity index (χ0v) is 16.4. The van der Waals surface area contributed by atoms with Crippen molar-refractivity contribution in [2.75, 3.05) is 44.1 Å². The lowest BCUT2D eigenvalue weighted by Crippen LogP contribution is -2.37. The Balaban J connectivity index is 1.67. The first kappa shape index (κ1) is 19.3. The molecular weight excluding hydrogens is 369 g/mol. The van der Waals surface area contributed by atoms with Crippen LogP contribution in [0.1, 0.15) is 16.8 Å². The van der Waals surface area contributed by atoms with Crippen LogP contribution in [-0.2, 0) is 0 Å². The predicted molar refractivity (Wildman–Crippen MR) is 107 cm³/mol. The smallest absolute Gasteiger partial charge is 0.251 e. The summed E-state index contributed by atoms with van der Waals surface area (Å²) >= 11 is 6.11. The fourth-order valence-electron chi connectivity index (χ4n) is 3.29. The first-order chi connectivity index (χ1) is 12.9. The molecule has 1 atom stereocenters. The van der Waals surface area contributed by atoms with Crippen molar-refractivity contribution in [1.29, 1.82) is 0 Å². The standard InChI is InChI=1S/C20H23ClFN3O2/c1-24(2)17-6-4-13(10-16(17)22)20(26)23-15-8-9-25(12-15)18-11-14(21)5-7-19(18)27-3/h4-7,10-11,15H,8-9,12H2,1-3H3,(H,23,26). The molecule has 2 aromatic carbocycles. The van der Waals surface area contributed by atoms with Crippen LogP contribution in [0.3, 0.4) is 0 Å². The van der Waals surface area contributed by atoms with Crippen LogP contribution in [0.2, 0.25) is 5.02 Å². The van der Waals surface area contributed by atoms with E-state index in [0.29, 0.717) is 22.8 Å². The Labute approximate surface area is 163 Å². The lowest BCUT2D eigenvalue weighted by molar-refractivity contribution is 0.0940. The van der Waals surface area contributed by atoms with Crippen molar-refractivity contribution < 1.29 is 13.9 Å². The summed E-state index contributed by atoms with van der Waals surface area (Å²) in [5.74, 6) is 0.0567. The average Bonchev–Trinajstić information content (AvgIpc) is 3.09. The molecule has 1 saturated heterocycles. The molecule has 1 aliphatic rings. The number of rotatable bonds is 5. The van der Waals surface area contributed by atoms with E-state index in [4.69, 9.17) is 16.3 Å². The number of carbonyl (C=O) groups excluding carboxylic acids is 1. The Morgan fingerprint density at radius 3 is 2.74 bits per heavy atom. The van der Waals surface area contributed by atoms with Crippen molar-refractivity contribution in [3.05, 3.63) is 52.8 Å². The highest BCUT2D eigenvalue weighted by molar-refractivity contribution is 6.30. The van der Waals surface area contributed by atoms with Gasteiger partial charge in [-0.1, -0.05) is 11.6 Å². The molecule has 1 unspecified atom stereocenters. The van der Waals surface area contributed by atoms with Gasteiger partial charge in [-0.3, -0.25) is 4.79 Å². The molecule has 0 saturated carbocycles. The molecular formula is C20H23ClFN3O2. The molecule has 1 heterocycles. The van der Waals surface area contributed by atoms with Crippen LogP contribution in [0.4, 0.5) is 15.8 Å². The summed E-state index contributed by atoms with van der Waals surface area (Å²) in [7, 11) is 5.14. The summed E-state index contributed by atoms with van der Waals surface area (Å²) in [4.78, 5) is 16.3. The average molecular weight is 392 g/mol.